The largest absolute Gasteiger partial charge is 0.379 e. The lowest BCUT2D eigenvalue weighted by Crippen LogP contribution is -2.29. The van der Waals surface area contributed by atoms with Gasteiger partial charge in [-0.25, -0.2) is 0 Å². The summed E-state index contributed by atoms with van der Waals surface area (Å²) in [4.78, 5) is 8.40. The van der Waals surface area contributed by atoms with Crippen molar-refractivity contribution in [2.24, 2.45) is 5.92 Å². The van der Waals surface area contributed by atoms with Gasteiger partial charge >= 0.3 is 0 Å². The Bertz CT molecular complexity index is 558. The van der Waals surface area contributed by atoms with Gasteiger partial charge in [0, 0.05) is 24.7 Å². The summed E-state index contributed by atoms with van der Waals surface area (Å²) in [7, 11) is 0. The van der Waals surface area contributed by atoms with E-state index >= 15 is 0 Å². The number of nitrogens with one attached hydrogen (secondary N) is 1. The monoisotopic (exact) mass is 288 g/mol. The SMILES string of the molecule is CCCc1nc(N[C@@H]2COC[C@H]2Cc2ccncc2)no1. The topological polar surface area (TPSA) is 73.1 Å². The van der Waals surface area contributed by atoms with E-state index in [2.05, 4.69) is 27.4 Å². The smallest absolute Gasteiger partial charge is 0.263 e. The minimum atomic E-state index is 0.213. The first-order valence-corrected chi connectivity index (χ1v) is 7.41. The Hall–Kier alpha value is -1.95. The summed E-state index contributed by atoms with van der Waals surface area (Å²) in [5, 5.41) is 7.31. The van der Waals surface area contributed by atoms with Crippen LogP contribution in [0.4, 0.5) is 5.95 Å². The molecule has 21 heavy (non-hydrogen) atoms. The second kappa shape index (κ2) is 6.67. The van der Waals surface area contributed by atoms with Gasteiger partial charge in [-0.15, -0.1) is 0 Å². The molecule has 1 aliphatic heterocycles. The van der Waals surface area contributed by atoms with E-state index in [-0.39, 0.29) is 6.04 Å². The van der Waals surface area contributed by atoms with Crippen LogP contribution in [0, 0.1) is 5.92 Å². The third-order valence-corrected chi connectivity index (χ3v) is 3.69. The van der Waals surface area contributed by atoms with Crippen molar-refractivity contribution in [3.05, 3.63) is 36.0 Å². The Kier molecular flexibility index (Phi) is 4.45. The summed E-state index contributed by atoms with van der Waals surface area (Å²) in [6, 6.07) is 4.30. The van der Waals surface area contributed by atoms with Gasteiger partial charge in [-0.2, -0.15) is 4.98 Å². The number of nitrogens with zero attached hydrogens (tertiary/aromatic N) is 3. The quantitative estimate of drug-likeness (QED) is 0.877. The van der Waals surface area contributed by atoms with Gasteiger partial charge in [-0.1, -0.05) is 6.92 Å². The Labute approximate surface area is 123 Å². The molecule has 2 aromatic rings. The molecule has 6 nitrogen and oxygen atoms in total. The maximum atomic E-state index is 5.60. The molecule has 6 heteroatoms. The highest BCUT2D eigenvalue weighted by molar-refractivity contribution is 5.25. The molecule has 3 heterocycles. The minimum absolute atomic E-state index is 0.213. The maximum absolute atomic E-state index is 5.60. The molecule has 0 amide bonds. The number of anilines is 1. The Morgan fingerprint density at radius 3 is 2.95 bits per heavy atom. The van der Waals surface area contributed by atoms with Crippen LogP contribution in [0.5, 0.6) is 0 Å². The molecule has 2 aromatic heterocycles. The molecule has 112 valence electrons. The van der Waals surface area contributed by atoms with E-state index in [1.807, 2.05) is 24.5 Å². The van der Waals surface area contributed by atoms with Crippen LogP contribution in [0.2, 0.25) is 0 Å². The number of aryl methyl sites for hydroxylation is 1. The van der Waals surface area contributed by atoms with Gasteiger partial charge in [0.1, 0.15) is 0 Å². The highest BCUT2D eigenvalue weighted by atomic mass is 16.5. The third-order valence-electron chi connectivity index (χ3n) is 3.69. The first-order chi connectivity index (χ1) is 10.3. The van der Waals surface area contributed by atoms with Crippen LogP contribution in [0.1, 0.15) is 24.8 Å². The molecule has 1 fully saturated rings. The van der Waals surface area contributed by atoms with E-state index < -0.39 is 0 Å². The van der Waals surface area contributed by atoms with Crippen LogP contribution in [-0.4, -0.2) is 34.4 Å². The van der Waals surface area contributed by atoms with Crippen molar-refractivity contribution in [3.63, 3.8) is 0 Å². The molecule has 0 spiro atoms. The highest BCUT2D eigenvalue weighted by Gasteiger charge is 2.29. The maximum Gasteiger partial charge on any atom is 0.263 e. The van der Waals surface area contributed by atoms with Crippen LogP contribution in [0.3, 0.4) is 0 Å². The molecule has 1 N–H and O–H groups in total. The molecule has 0 aromatic carbocycles. The van der Waals surface area contributed by atoms with Crippen LogP contribution in [-0.2, 0) is 17.6 Å². The van der Waals surface area contributed by atoms with E-state index in [9.17, 15) is 0 Å². The average molecular weight is 288 g/mol. The van der Waals surface area contributed by atoms with E-state index in [4.69, 9.17) is 9.26 Å². The zero-order valence-corrected chi connectivity index (χ0v) is 12.2. The van der Waals surface area contributed by atoms with E-state index in [0.717, 1.165) is 25.9 Å². The molecule has 1 aliphatic rings. The predicted octanol–water partition coefficient (Wildman–Crippen LogP) is 2.09. The first-order valence-electron chi connectivity index (χ1n) is 7.41. The van der Waals surface area contributed by atoms with Crippen molar-refractivity contribution in [3.8, 4) is 0 Å². The number of hydrogen-bond donors (Lipinski definition) is 1. The molecular weight excluding hydrogens is 268 g/mol. The second-order valence-electron chi connectivity index (χ2n) is 5.37. The zero-order valence-electron chi connectivity index (χ0n) is 12.2. The molecule has 0 radical (unpaired) electrons. The summed E-state index contributed by atoms with van der Waals surface area (Å²) in [6.07, 6.45) is 6.42. The average Bonchev–Trinajstić information content (AvgIpc) is 3.11. The summed E-state index contributed by atoms with van der Waals surface area (Å²) in [5.41, 5.74) is 1.27. The van der Waals surface area contributed by atoms with Crippen LogP contribution in [0.25, 0.3) is 0 Å². The van der Waals surface area contributed by atoms with Crippen molar-refractivity contribution in [2.75, 3.05) is 18.5 Å². The molecule has 0 bridgehead atoms. The zero-order chi connectivity index (χ0) is 14.5. The van der Waals surface area contributed by atoms with E-state index in [1.165, 1.54) is 5.56 Å². The lowest BCUT2D eigenvalue weighted by Gasteiger charge is -2.17. The van der Waals surface area contributed by atoms with Gasteiger partial charge in [0.2, 0.25) is 5.89 Å². The van der Waals surface area contributed by atoms with Gasteiger partial charge in [0.15, 0.2) is 0 Å². The second-order valence-corrected chi connectivity index (χ2v) is 5.37. The first kappa shape index (κ1) is 14.0. The highest BCUT2D eigenvalue weighted by Crippen LogP contribution is 2.21. The summed E-state index contributed by atoms with van der Waals surface area (Å²) in [5.74, 6) is 1.65. The third kappa shape index (κ3) is 3.58. The molecule has 3 rings (SSSR count). The number of pyridine rings is 1. The van der Waals surface area contributed by atoms with Crippen LogP contribution in [0.15, 0.2) is 29.0 Å². The molecule has 1 saturated heterocycles. The summed E-state index contributed by atoms with van der Waals surface area (Å²) >= 11 is 0. The Balaban J connectivity index is 1.61. The normalized spacial score (nSPS) is 21.6. The van der Waals surface area contributed by atoms with Gasteiger partial charge in [0.05, 0.1) is 19.3 Å². The molecule has 0 saturated carbocycles. The summed E-state index contributed by atoms with van der Waals surface area (Å²) < 4.78 is 10.8. The lowest BCUT2D eigenvalue weighted by atomic mass is 9.95. The molecule has 0 aliphatic carbocycles. The minimum Gasteiger partial charge on any atom is -0.379 e. The van der Waals surface area contributed by atoms with Crippen molar-refractivity contribution in [1.29, 1.82) is 0 Å². The Morgan fingerprint density at radius 1 is 1.29 bits per heavy atom. The fourth-order valence-electron chi connectivity index (χ4n) is 2.58. The van der Waals surface area contributed by atoms with Crippen molar-refractivity contribution < 1.29 is 9.26 Å². The van der Waals surface area contributed by atoms with Crippen LogP contribution < -0.4 is 5.32 Å². The molecule has 0 unspecified atom stereocenters. The predicted molar refractivity (Wildman–Crippen MR) is 78.0 cm³/mol. The van der Waals surface area contributed by atoms with Crippen molar-refractivity contribution in [2.45, 2.75) is 32.2 Å². The standard InChI is InChI=1S/C15H20N4O2/c1-2-3-14-18-15(19-21-14)17-13-10-20-9-12(13)8-11-4-6-16-7-5-11/h4-7,12-13H,2-3,8-10H2,1H3,(H,17,19)/t12-,13-/m1/s1. The number of rotatable bonds is 6. The fourth-order valence-corrected chi connectivity index (χ4v) is 2.58. The fraction of sp³-hybridized carbons (Fsp3) is 0.533. The number of hydrogen-bond acceptors (Lipinski definition) is 6. The number of aromatic nitrogens is 3. The van der Waals surface area contributed by atoms with Crippen molar-refractivity contribution >= 4 is 5.95 Å². The van der Waals surface area contributed by atoms with Gasteiger partial charge in [0.25, 0.3) is 5.95 Å². The van der Waals surface area contributed by atoms with E-state index in [0.29, 0.717) is 24.4 Å². The van der Waals surface area contributed by atoms with E-state index in [1.54, 1.807) is 0 Å². The van der Waals surface area contributed by atoms with Crippen molar-refractivity contribution in [1.82, 2.24) is 15.1 Å². The van der Waals surface area contributed by atoms with Gasteiger partial charge < -0.3 is 14.6 Å². The molecular formula is C15H20N4O2. The molecule has 2 atom stereocenters. The summed E-state index contributed by atoms with van der Waals surface area (Å²) in [6.45, 7) is 3.51. The lowest BCUT2D eigenvalue weighted by molar-refractivity contribution is 0.185. The Morgan fingerprint density at radius 2 is 2.14 bits per heavy atom. The van der Waals surface area contributed by atoms with Gasteiger partial charge in [-0.05, 0) is 35.7 Å². The van der Waals surface area contributed by atoms with Gasteiger partial charge in [-0.3, -0.25) is 4.98 Å². The number of ether oxygens (including phenoxy) is 1. The van der Waals surface area contributed by atoms with Crippen LogP contribution >= 0.6 is 0 Å².